The lowest BCUT2D eigenvalue weighted by atomic mass is 10.00. The number of hydrogen-bond acceptors (Lipinski definition) is 6. The Labute approximate surface area is 183 Å². The van der Waals surface area contributed by atoms with Crippen molar-refractivity contribution in [2.75, 3.05) is 29.9 Å². The topological polar surface area (TPSA) is 77.2 Å². The van der Waals surface area contributed by atoms with Crippen molar-refractivity contribution in [3.8, 4) is 0 Å². The molecule has 1 aromatic carbocycles. The predicted octanol–water partition coefficient (Wildman–Crippen LogP) is 2.93. The van der Waals surface area contributed by atoms with Crippen LogP contribution in [0.5, 0.6) is 0 Å². The summed E-state index contributed by atoms with van der Waals surface area (Å²) < 4.78 is 15.1. The minimum absolute atomic E-state index is 0.119. The molecule has 3 aliphatic rings. The Balaban J connectivity index is 1.25. The fourth-order valence-electron chi connectivity index (χ4n) is 5.40. The van der Waals surface area contributed by atoms with E-state index in [1.807, 2.05) is 12.1 Å². The molecule has 9 heteroatoms. The molecule has 0 aliphatic carbocycles. The Morgan fingerprint density at radius 1 is 1.19 bits per heavy atom. The van der Waals surface area contributed by atoms with Crippen LogP contribution in [-0.4, -0.2) is 51.8 Å². The second-order valence-corrected chi connectivity index (χ2v) is 9.06. The van der Waals surface area contributed by atoms with E-state index in [2.05, 4.69) is 30.3 Å². The van der Waals surface area contributed by atoms with Crippen molar-refractivity contribution >= 4 is 34.0 Å². The van der Waals surface area contributed by atoms with Crippen LogP contribution in [-0.2, 0) is 13.0 Å². The molecule has 6 rings (SSSR count). The highest BCUT2D eigenvalue weighted by Gasteiger charge is 2.43. The molecule has 2 fully saturated rings. The van der Waals surface area contributed by atoms with E-state index in [1.54, 1.807) is 12.1 Å². The molecule has 7 nitrogen and oxygen atoms in total. The number of pyridine rings is 1. The van der Waals surface area contributed by atoms with Crippen molar-refractivity contribution in [2.24, 2.45) is 0 Å². The minimum atomic E-state index is -0.281. The third kappa shape index (κ3) is 3.16. The van der Waals surface area contributed by atoms with Crippen LogP contribution in [0.2, 0.25) is 5.15 Å². The number of aromatic nitrogens is 3. The zero-order valence-corrected chi connectivity index (χ0v) is 17.6. The molecule has 3 aliphatic heterocycles. The van der Waals surface area contributed by atoms with Gasteiger partial charge in [-0.05, 0) is 49.1 Å². The van der Waals surface area contributed by atoms with Crippen molar-refractivity contribution in [1.29, 1.82) is 0 Å². The zero-order valence-electron chi connectivity index (χ0n) is 16.9. The molecule has 31 heavy (non-hydrogen) atoms. The molecule has 0 spiro atoms. The number of nitrogens with one attached hydrogen (secondary N) is 2. The Morgan fingerprint density at radius 3 is 2.87 bits per heavy atom. The summed E-state index contributed by atoms with van der Waals surface area (Å²) >= 11 is 5.86. The van der Waals surface area contributed by atoms with Crippen LogP contribution < -0.4 is 15.8 Å². The zero-order chi connectivity index (χ0) is 21.1. The maximum absolute atomic E-state index is 15.1. The molecule has 2 bridgehead atoms. The number of piperazine rings is 1. The number of nitrogens with zero attached hydrogens (tertiary/aromatic N) is 4. The summed E-state index contributed by atoms with van der Waals surface area (Å²) in [6, 6.07) is 7.95. The van der Waals surface area contributed by atoms with Crippen LogP contribution in [0.3, 0.4) is 0 Å². The van der Waals surface area contributed by atoms with E-state index in [9.17, 15) is 4.79 Å². The van der Waals surface area contributed by atoms with Crippen molar-refractivity contribution in [3.05, 3.63) is 56.7 Å². The van der Waals surface area contributed by atoms with Gasteiger partial charge in [0.1, 0.15) is 5.82 Å². The lowest BCUT2D eigenvalue weighted by molar-refractivity contribution is 0.230. The van der Waals surface area contributed by atoms with Gasteiger partial charge in [-0.3, -0.25) is 9.69 Å². The van der Waals surface area contributed by atoms with Gasteiger partial charge in [-0.15, -0.1) is 10.2 Å². The Morgan fingerprint density at radius 2 is 2.10 bits per heavy atom. The molecular weight excluding hydrogens is 419 g/mol. The van der Waals surface area contributed by atoms with Gasteiger partial charge >= 0.3 is 0 Å². The number of anilines is 2. The average molecular weight is 441 g/mol. The number of halogens is 2. The predicted molar refractivity (Wildman–Crippen MR) is 118 cm³/mol. The van der Waals surface area contributed by atoms with Gasteiger partial charge in [-0.2, -0.15) is 0 Å². The van der Waals surface area contributed by atoms with Gasteiger partial charge in [0.25, 0.3) is 5.56 Å². The second-order valence-electron chi connectivity index (χ2n) is 8.68. The van der Waals surface area contributed by atoms with Crippen molar-refractivity contribution in [2.45, 2.75) is 37.9 Å². The fraction of sp³-hybridized carbons (Fsp3) is 0.409. The van der Waals surface area contributed by atoms with Crippen LogP contribution >= 0.6 is 11.6 Å². The highest BCUT2D eigenvalue weighted by atomic mass is 35.5. The van der Waals surface area contributed by atoms with Crippen LogP contribution in [0.1, 0.15) is 24.0 Å². The van der Waals surface area contributed by atoms with Gasteiger partial charge in [-0.1, -0.05) is 11.6 Å². The number of fused-ring (bicyclic) bond motifs is 5. The standard InChI is InChI=1S/C22H22ClFN6O/c23-18-3-4-19(28-27-18)30-11-13-8-14(30)10-29(13)9-12-6-16(24)20-17(7-12)26-22(31)15-2-1-5-25-21(15)20/h3-4,6-7,13-14,25H,1-2,5,8-11H2,(H,26,31)/t13-,14-/m0/s1. The second kappa shape index (κ2) is 7.17. The Hall–Kier alpha value is -2.71. The highest BCUT2D eigenvalue weighted by Crippen LogP contribution is 2.36. The smallest absolute Gasteiger partial charge is 0.253 e. The SMILES string of the molecule is O=c1[nH]c2cc(CN3C[C@@H]4C[C@H]3CN4c3ccc(Cl)nn3)cc(F)c2c2c1CCCN2. The number of H-pyrrole nitrogens is 1. The van der Waals surface area contributed by atoms with E-state index in [1.165, 1.54) is 0 Å². The van der Waals surface area contributed by atoms with E-state index in [4.69, 9.17) is 11.6 Å². The highest BCUT2D eigenvalue weighted by molar-refractivity contribution is 6.29. The molecule has 2 aromatic heterocycles. The molecule has 0 unspecified atom stereocenters. The summed E-state index contributed by atoms with van der Waals surface area (Å²) in [5.74, 6) is 0.569. The molecule has 0 amide bonds. The molecule has 2 atom stereocenters. The van der Waals surface area contributed by atoms with Crippen LogP contribution in [0.4, 0.5) is 15.9 Å². The third-order valence-electron chi connectivity index (χ3n) is 6.78. The van der Waals surface area contributed by atoms with Crippen LogP contribution in [0.15, 0.2) is 29.1 Å². The maximum atomic E-state index is 15.1. The summed E-state index contributed by atoms with van der Waals surface area (Å²) in [5.41, 5.74) is 2.64. The van der Waals surface area contributed by atoms with Crippen LogP contribution in [0.25, 0.3) is 10.9 Å². The first-order valence-corrected chi connectivity index (χ1v) is 11.1. The van der Waals surface area contributed by atoms with Gasteiger partial charge in [0.15, 0.2) is 11.0 Å². The fourth-order valence-corrected chi connectivity index (χ4v) is 5.50. The number of aromatic amines is 1. The van der Waals surface area contributed by atoms with E-state index in [-0.39, 0.29) is 11.4 Å². The van der Waals surface area contributed by atoms with E-state index in [0.717, 1.165) is 43.9 Å². The molecule has 0 saturated carbocycles. The number of hydrogen-bond donors (Lipinski definition) is 2. The molecular formula is C22H22ClFN6O. The Kier molecular flexibility index (Phi) is 4.40. The van der Waals surface area contributed by atoms with E-state index < -0.39 is 0 Å². The summed E-state index contributed by atoms with van der Waals surface area (Å²) in [7, 11) is 0. The van der Waals surface area contributed by atoms with E-state index in [0.29, 0.717) is 52.4 Å². The lowest BCUT2D eigenvalue weighted by Gasteiger charge is -2.34. The lowest BCUT2D eigenvalue weighted by Crippen LogP contribution is -2.46. The normalized spacial score (nSPS) is 22.7. The average Bonchev–Trinajstić information content (AvgIpc) is 3.35. The number of rotatable bonds is 3. The summed E-state index contributed by atoms with van der Waals surface area (Å²) in [4.78, 5) is 20.1. The molecule has 2 N–H and O–H groups in total. The van der Waals surface area contributed by atoms with Gasteiger partial charge < -0.3 is 15.2 Å². The first-order valence-electron chi connectivity index (χ1n) is 10.7. The summed E-state index contributed by atoms with van der Waals surface area (Å²) in [5, 5.41) is 12.3. The molecule has 3 aromatic rings. The molecule has 5 heterocycles. The molecule has 2 saturated heterocycles. The summed E-state index contributed by atoms with van der Waals surface area (Å²) in [6.07, 6.45) is 2.62. The van der Waals surface area contributed by atoms with Gasteiger partial charge in [0.2, 0.25) is 0 Å². The summed E-state index contributed by atoms with van der Waals surface area (Å²) in [6.45, 7) is 3.17. The number of benzene rings is 1. The minimum Gasteiger partial charge on any atom is -0.384 e. The Bertz CT molecular complexity index is 1230. The van der Waals surface area contributed by atoms with Gasteiger partial charge in [-0.25, -0.2) is 4.39 Å². The molecule has 0 radical (unpaired) electrons. The van der Waals surface area contributed by atoms with Gasteiger partial charge in [0, 0.05) is 43.8 Å². The first-order chi connectivity index (χ1) is 15.1. The maximum Gasteiger partial charge on any atom is 0.253 e. The molecule has 160 valence electrons. The van der Waals surface area contributed by atoms with Gasteiger partial charge in [0.05, 0.1) is 16.6 Å². The first kappa shape index (κ1) is 19.0. The van der Waals surface area contributed by atoms with Crippen molar-refractivity contribution < 1.29 is 4.39 Å². The quantitative estimate of drug-likeness (QED) is 0.652. The van der Waals surface area contributed by atoms with Crippen molar-refractivity contribution in [3.63, 3.8) is 0 Å². The van der Waals surface area contributed by atoms with Crippen LogP contribution in [0, 0.1) is 5.82 Å². The van der Waals surface area contributed by atoms with E-state index >= 15 is 4.39 Å². The monoisotopic (exact) mass is 440 g/mol. The third-order valence-corrected chi connectivity index (χ3v) is 6.98. The number of likely N-dealkylation sites (tertiary alicyclic amines) is 1. The van der Waals surface area contributed by atoms with Crippen molar-refractivity contribution in [1.82, 2.24) is 20.1 Å². The largest absolute Gasteiger partial charge is 0.384 e.